The lowest BCUT2D eigenvalue weighted by Crippen LogP contribution is -2.25. The first-order valence-electron chi connectivity index (χ1n) is 6.50. The van der Waals surface area contributed by atoms with Gasteiger partial charge in [-0.05, 0) is 25.7 Å². The van der Waals surface area contributed by atoms with Gasteiger partial charge >= 0.3 is 5.69 Å². The van der Waals surface area contributed by atoms with E-state index in [4.69, 9.17) is 0 Å². The third-order valence-electron chi connectivity index (χ3n) is 3.53. The molecule has 0 saturated heterocycles. The van der Waals surface area contributed by atoms with E-state index in [2.05, 4.69) is 6.92 Å². The monoisotopic (exact) mass is 236 g/mol. The zero-order valence-electron chi connectivity index (χ0n) is 10.4. The fourth-order valence-corrected chi connectivity index (χ4v) is 2.52. The van der Waals surface area contributed by atoms with Crippen molar-refractivity contribution in [3.05, 3.63) is 22.9 Å². The summed E-state index contributed by atoms with van der Waals surface area (Å²) in [6, 6.07) is 0. The van der Waals surface area contributed by atoms with Crippen LogP contribution in [-0.2, 0) is 17.9 Å². The lowest BCUT2D eigenvalue weighted by atomic mass is 10.0. The van der Waals surface area contributed by atoms with E-state index in [-0.39, 0.29) is 11.6 Å². The van der Waals surface area contributed by atoms with Crippen LogP contribution in [0.4, 0.5) is 0 Å². The van der Waals surface area contributed by atoms with E-state index < -0.39 is 0 Å². The summed E-state index contributed by atoms with van der Waals surface area (Å²) in [4.78, 5) is 23.4. The Morgan fingerprint density at radius 1 is 1.24 bits per heavy atom. The SMILES string of the molecule is CCCn1ccn(CCC2CCCC2=O)c1=O. The molecule has 0 N–H and O–H groups in total. The van der Waals surface area contributed by atoms with Gasteiger partial charge in [-0.1, -0.05) is 6.92 Å². The average molecular weight is 236 g/mol. The molecule has 1 aliphatic carbocycles. The summed E-state index contributed by atoms with van der Waals surface area (Å²) in [6.45, 7) is 3.50. The van der Waals surface area contributed by atoms with Crippen LogP contribution in [0.3, 0.4) is 0 Å². The number of aryl methyl sites for hydroxylation is 2. The predicted molar refractivity (Wildman–Crippen MR) is 65.9 cm³/mol. The van der Waals surface area contributed by atoms with Crippen molar-refractivity contribution in [2.24, 2.45) is 5.92 Å². The number of carbonyl (C=O) groups is 1. The highest BCUT2D eigenvalue weighted by atomic mass is 16.1. The first-order chi connectivity index (χ1) is 8.22. The zero-order valence-corrected chi connectivity index (χ0v) is 10.4. The second kappa shape index (κ2) is 5.34. The number of Topliss-reactive ketones (excluding diaryl/α,β-unsaturated/α-hetero) is 1. The van der Waals surface area contributed by atoms with Crippen molar-refractivity contribution in [1.29, 1.82) is 0 Å². The molecule has 0 spiro atoms. The van der Waals surface area contributed by atoms with Crippen molar-refractivity contribution >= 4 is 5.78 Å². The van der Waals surface area contributed by atoms with E-state index in [0.717, 1.165) is 38.6 Å². The Labute approximate surface area is 101 Å². The van der Waals surface area contributed by atoms with E-state index in [0.29, 0.717) is 12.3 Å². The van der Waals surface area contributed by atoms with Gasteiger partial charge in [0.15, 0.2) is 0 Å². The molecular weight excluding hydrogens is 216 g/mol. The van der Waals surface area contributed by atoms with Crippen LogP contribution in [0.2, 0.25) is 0 Å². The van der Waals surface area contributed by atoms with Crippen LogP contribution >= 0.6 is 0 Å². The van der Waals surface area contributed by atoms with E-state index in [1.54, 1.807) is 9.13 Å². The van der Waals surface area contributed by atoms with Crippen LogP contribution in [0, 0.1) is 5.92 Å². The zero-order chi connectivity index (χ0) is 12.3. The normalized spacial score (nSPS) is 20.1. The number of imidazole rings is 1. The number of ketones is 1. The fraction of sp³-hybridized carbons (Fsp3) is 0.692. The molecule has 0 amide bonds. The third-order valence-corrected chi connectivity index (χ3v) is 3.53. The number of hydrogen-bond donors (Lipinski definition) is 0. The molecule has 0 aliphatic heterocycles. The molecule has 1 heterocycles. The highest BCUT2D eigenvalue weighted by Crippen LogP contribution is 2.24. The van der Waals surface area contributed by atoms with E-state index in [9.17, 15) is 9.59 Å². The van der Waals surface area contributed by atoms with Gasteiger partial charge in [-0.25, -0.2) is 4.79 Å². The smallest absolute Gasteiger partial charge is 0.299 e. The number of rotatable bonds is 5. The molecule has 1 atom stereocenters. The largest absolute Gasteiger partial charge is 0.328 e. The van der Waals surface area contributed by atoms with Crippen molar-refractivity contribution in [2.75, 3.05) is 0 Å². The predicted octanol–water partition coefficient (Wildman–Crippen LogP) is 1.82. The quantitative estimate of drug-likeness (QED) is 0.782. The topological polar surface area (TPSA) is 44.0 Å². The molecular formula is C13H20N2O2. The lowest BCUT2D eigenvalue weighted by Gasteiger charge is -2.07. The maximum Gasteiger partial charge on any atom is 0.328 e. The van der Waals surface area contributed by atoms with Crippen molar-refractivity contribution in [1.82, 2.24) is 9.13 Å². The molecule has 2 rings (SSSR count). The summed E-state index contributed by atoms with van der Waals surface area (Å²) in [7, 11) is 0. The Hall–Kier alpha value is -1.32. The van der Waals surface area contributed by atoms with Crippen molar-refractivity contribution in [3.63, 3.8) is 0 Å². The van der Waals surface area contributed by atoms with Gasteiger partial charge in [0.2, 0.25) is 0 Å². The highest BCUT2D eigenvalue weighted by molar-refractivity contribution is 5.82. The van der Waals surface area contributed by atoms with E-state index >= 15 is 0 Å². The molecule has 4 heteroatoms. The maximum atomic E-state index is 11.9. The Balaban J connectivity index is 1.95. The summed E-state index contributed by atoms with van der Waals surface area (Å²) >= 11 is 0. The molecule has 1 aromatic rings. The van der Waals surface area contributed by atoms with Crippen LogP contribution in [0.15, 0.2) is 17.2 Å². The van der Waals surface area contributed by atoms with Crippen LogP contribution in [0.1, 0.15) is 39.0 Å². The molecule has 17 heavy (non-hydrogen) atoms. The van der Waals surface area contributed by atoms with Crippen LogP contribution in [-0.4, -0.2) is 14.9 Å². The second-order valence-corrected chi connectivity index (χ2v) is 4.81. The van der Waals surface area contributed by atoms with Gasteiger partial charge in [-0.2, -0.15) is 0 Å². The Morgan fingerprint density at radius 3 is 2.53 bits per heavy atom. The number of nitrogens with zero attached hydrogens (tertiary/aromatic N) is 2. The summed E-state index contributed by atoms with van der Waals surface area (Å²) < 4.78 is 3.46. The highest BCUT2D eigenvalue weighted by Gasteiger charge is 2.23. The summed E-state index contributed by atoms with van der Waals surface area (Å²) in [5, 5.41) is 0. The molecule has 1 aliphatic rings. The number of aromatic nitrogens is 2. The average Bonchev–Trinajstić information content (AvgIpc) is 2.86. The summed E-state index contributed by atoms with van der Waals surface area (Å²) in [5.74, 6) is 0.572. The molecule has 0 radical (unpaired) electrons. The minimum Gasteiger partial charge on any atom is -0.299 e. The van der Waals surface area contributed by atoms with E-state index in [1.807, 2.05) is 12.4 Å². The van der Waals surface area contributed by atoms with Crippen LogP contribution in [0.25, 0.3) is 0 Å². The van der Waals surface area contributed by atoms with Gasteiger partial charge < -0.3 is 0 Å². The van der Waals surface area contributed by atoms with Gasteiger partial charge in [0, 0.05) is 37.8 Å². The minimum atomic E-state index is 0.0531. The number of hydrogen-bond acceptors (Lipinski definition) is 2. The first-order valence-corrected chi connectivity index (χ1v) is 6.50. The minimum absolute atomic E-state index is 0.0531. The number of carbonyl (C=O) groups excluding carboxylic acids is 1. The van der Waals surface area contributed by atoms with Crippen LogP contribution in [0.5, 0.6) is 0 Å². The maximum absolute atomic E-state index is 11.9. The van der Waals surface area contributed by atoms with Crippen molar-refractivity contribution in [3.8, 4) is 0 Å². The molecule has 1 fully saturated rings. The fourth-order valence-electron chi connectivity index (χ4n) is 2.52. The second-order valence-electron chi connectivity index (χ2n) is 4.81. The van der Waals surface area contributed by atoms with Crippen molar-refractivity contribution in [2.45, 2.75) is 52.1 Å². The molecule has 4 nitrogen and oxygen atoms in total. The van der Waals surface area contributed by atoms with Gasteiger partial charge in [-0.15, -0.1) is 0 Å². The van der Waals surface area contributed by atoms with Gasteiger partial charge in [0.05, 0.1) is 0 Å². The standard InChI is InChI=1S/C13H20N2O2/c1-2-7-14-9-10-15(13(14)17)8-6-11-4-3-5-12(11)16/h9-11H,2-8H2,1H3. The molecule has 0 aromatic carbocycles. The summed E-state index contributed by atoms with van der Waals surface area (Å²) in [5.41, 5.74) is 0.0531. The molecule has 1 aromatic heterocycles. The molecule has 1 unspecified atom stereocenters. The molecule has 94 valence electrons. The van der Waals surface area contributed by atoms with Gasteiger partial charge in [-0.3, -0.25) is 13.9 Å². The lowest BCUT2D eigenvalue weighted by molar-refractivity contribution is -0.120. The Bertz CT molecular complexity index is 445. The summed E-state index contributed by atoms with van der Waals surface area (Å²) in [6.07, 6.45) is 8.20. The van der Waals surface area contributed by atoms with Gasteiger partial charge in [0.1, 0.15) is 5.78 Å². The van der Waals surface area contributed by atoms with Gasteiger partial charge in [0.25, 0.3) is 0 Å². The Morgan fingerprint density at radius 2 is 1.94 bits per heavy atom. The first kappa shape index (κ1) is 12.1. The van der Waals surface area contributed by atoms with Crippen molar-refractivity contribution < 1.29 is 4.79 Å². The Kier molecular flexibility index (Phi) is 3.82. The van der Waals surface area contributed by atoms with E-state index in [1.165, 1.54) is 0 Å². The van der Waals surface area contributed by atoms with Crippen LogP contribution < -0.4 is 5.69 Å². The molecule has 1 saturated carbocycles. The molecule has 0 bridgehead atoms. The third kappa shape index (κ3) is 2.68.